The summed E-state index contributed by atoms with van der Waals surface area (Å²) in [7, 11) is 0. The maximum atomic E-state index is 12.5. The molecule has 26 heavy (non-hydrogen) atoms. The first-order valence-electron chi connectivity index (χ1n) is 7.51. The van der Waals surface area contributed by atoms with Gasteiger partial charge in [-0.25, -0.2) is 4.79 Å². The third kappa shape index (κ3) is 3.07. The summed E-state index contributed by atoms with van der Waals surface area (Å²) in [6.45, 7) is 0. The van der Waals surface area contributed by atoms with Crippen LogP contribution in [0.15, 0.2) is 51.6 Å². The molecule has 0 atom stereocenters. The molecule has 0 aliphatic carbocycles. The largest absolute Gasteiger partial charge is 0.478 e. The van der Waals surface area contributed by atoms with Crippen LogP contribution in [0.4, 0.5) is 5.00 Å². The van der Waals surface area contributed by atoms with E-state index in [9.17, 15) is 14.7 Å². The Hall–Kier alpha value is -2.42. The van der Waals surface area contributed by atoms with E-state index in [1.807, 2.05) is 35.7 Å². The molecule has 0 saturated carbocycles. The van der Waals surface area contributed by atoms with Gasteiger partial charge in [-0.2, -0.15) is 0 Å². The number of benzene rings is 1. The Balaban J connectivity index is 1.68. The lowest BCUT2D eigenvalue weighted by Crippen LogP contribution is -2.13. The maximum absolute atomic E-state index is 12.5. The quantitative estimate of drug-likeness (QED) is 0.377. The Morgan fingerprint density at radius 1 is 1.12 bits per heavy atom. The van der Waals surface area contributed by atoms with E-state index in [1.54, 1.807) is 11.4 Å². The Morgan fingerprint density at radius 2 is 1.88 bits per heavy atom. The number of carbonyl (C=O) groups excluding carboxylic acids is 1. The van der Waals surface area contributed by atoms with Gasteiger partial charge in [0.2, 0.25) is 0 Å². The van der Waals surface area contributed by atoms with E-state index in [2.05, 4.69) is 26.2 Å². The molecule has 0 spiro atoms. The van der Waals surface area contributed by atoms with Gasteiger partial charge in [0.15, 0.2) is 0 Å². The fraction of sp³-hybridized carbons (Fsp3) is 0. The van der Waals surface area contributed by atoms with E-state index in [1.165, 1.54) is 22.7 Å². The highest BCUT2D eigenvalue weighted by Crippen LogP contribution is 2.36. The van der Waals surface area contributed by atoms with Gasteiger partial charge in [-0.3, -0.25) is 4.79 Å². The highest BCUT2D eigenvalue weighted by Gasteiger charge is 2.22. The minimum atomic E-state index is -1.08. The first kappa shape index (κ1) is 17.0. The fourth-order valence-electron chi connectivity index (χ4n) is 2.65. The van der Waals surface area contributed by atoms with E-state index in [-0.39, 0.29) is 11.5 Å². The first-order chi connectivity index (χ1) is 12.5. The van der Waals surface area contributed by atoms with E-state index < -0.39 is 5.97 Å². The molecule has 4 aromatic rings. The number of hydrogen-bond acceptors (Lipinski definition) is 4. The molecule has 8 heteroatoms. The van der Waals surface area contributed by atoms with Crippen molar-refractivity contribution in [3.8, 4) is 11.1 Å². The number of carbonyl (C=O) groups is 2. The van der Waals surface area contributed by atoms with Crippen molar-refractivity contribution in [2.24, 2.45) is 0 Å². The number of carboxylic acids is 1. The first-order valence-corrected chi connectivity index (χ1v) is 10.1. The van der Waals surface area contributed by atoms with Crippen LogP contribution in [0.25, 0.3) is 21.3 Å². The van der Waals surface area contributed by atoms with E-state index in [0.29, 0.717) is 16.3 Å². The van der Waals surface area contributed by atoms with Gasteiger partial charge in [0.1, 0.15) is 16.3 Å². The number of hydrogen-bond donors (Lipinski definition) is 3. The summed E-state index contributed by atoms with van der Waals surface area (Å²) in [5.41, 5.74) is 2.75. The fourth-order valence-corrected chi connectivity index (χ4v) is 4.65. The SMILES string of the molecule is O=C(Nc1scc(-c2ccc(Br)cc2)c1C(=O)O)c1cc2sccc2[nH]1. The molecule has 0 fully saturated rings. The molecule has 1 aromatic carbocycles. The average Bonchev–Trinajstić information content (AvgIpc) is 3.29. The second-order valence-electron chi connectivity index (χ2n) is 5.50. The van der Waals surface area contributed by atoms with Crippen molar-refractivity contribution in [2.75, 3.05) is 5.32 Å². The molecule has 130 valence electrons. The minimum Gasteiger partial charge on any atom is -0.478 e. The van der Waals surface area contributed by atoms with Crippen LogP contribution in [0.2, 0.25) is 0 Å². The van der Waals surface area contributed by atoms with E-state index >= 15 is 0 Å². The Bertz CT molecular complexity index is 1100. The van der Waals surface area contributed by atoms with Crippen molar-refractivity contribution < 1.29 is 14.7 Å². The van der Waals surface area contributed by atoms with Crippen molar-refractivity contribution in [2.45, 2.75) is 0 Å². The number of aromatic amines is 1. The van der Waals surface area contributed by atoms with Gasteiger partial charge >= 0.3 is 5.97 Å². The molecule has 5 nitrogen and oxygen atoms in total. The summed E-state index contributed by atoms with van der Waals surface area (Å²) in [4.78, 5) is 27.4. The van der Waals surface area contributed by atoms with Crippen molar-refractivity contribution in [3.05, 3.63) is 62.9 Å². The van der Waals surface area contributed by atoms with E-state index in [4.69, 9.17) is 0 Å². The third-order valence-electron chi connectivity index (χ3n) is 3.87. The monoisotopic (exact) mass is 446 g/mol. The molecular formula is C18H11BrN2O3S2. The van der Waals surface area contributed by atoms with Crippen LogP contribution in [0.5, 0.6) is 0 Å². The Labute approximate surface area is 164 Å². The third-order valence-corrected chi connectivity index (χ3v) is 6.16. The second kappa shape index (κ2) is 6.71. The molecule has 0 saturated heterocycles. The molecule has 1 amide bonds. The Kier molecular flexibility index (Phi) is 4.39. The molecule has 3 aromatic heterocycles. The zero-order valence-corrected chi connectivity index (χ0v) is 16.3. The van der Waals surface area contributed by atoms with Crippen molar-refractivity contribution >= 4 is 65.7 Å². The predicted molar refractivity (Wildman–Crippen MR) is 109 cm³/mol. The number of aromatic nitrogens is 1. The summed E-state index contributed by atoms with van der Waals surface area (Å²) in [5, 5.41) is 16.4. The molecule has 0 aliphatic heterocycles. The number of H-pyrrole nitrogens is 1. The number of thiophene rings is 2. The van der Waals surface area contributed by atoms with Crippen LogP contribution < -0.4 is 5.32 Å². The number of aromatic carboxylic acids is 1. The molecule has 0 radical (unpaired) electrons. The van der Waals surface area contributed by atoms with Crippen molar-refractivity contribution in [3.63, 3.8) is 0 Å². The van der Waals surface area contributed by atoms with Crippen molar-refractivity contribution in [1.82, 2.24) is 4.98 Å². The van der Waals surface area contributed by atoms with Crippen LogP contribution in [0, 0.1) is 0 Å². The standard InChI is InChI=1S/C18H11BrN2O3S2/c19-10-3-1-9(2-4-10)11-8-26-17(15(11)18(23)24)21-16(22)13-7-14-12(20-13)5-6-25-14/h1-8,20H,(H,21,22)(H,23,24). The summed E-state index contributed by atoms with van der Waals surface area (Å²) in [6, 6.07) is 11.0. The van der Waals surface area contributed by atoms with Crippen LogP contribution in [0.3, 0.4) is 0 Å². The normalized spacial score (nSPS) is 11.0. The number of amides is 1. The van der Waals surface area contributed by atoms with Gasteiger partial charge in [0, 0.05) is 15.4 Å². The lowest BCUT2D eigenvalue weighted by atomic mass is 10.0. The lowest BCUT2D eigenvalue weighted by Gasteiger charge is -2.05. The van der Waals surface area contributed by atoms with Crippen LogP contribution in [-0.4, -0.2) is 22.0 Å². The van der Waals surface area contributed by atoms with Gasteiger partial charge in [-0.1, -0.05) is 28.1 Å². The van der Waals surface area contributed by atoms with E-state index in [0.717, 1.165) is 20.3 Å². The molecule has 3 N–H and O–H groups in total. The number of halogens is 1. The summed E-state index contributed by atoms with van der Waals surface area (Å²) < 4.78 is 1.89. The topological polar surface area (TPSA) is 82.2 Å². The van der Waals surface area contributed by atoms with Gasteiger partial charge < -0.3 is 15.4 Å². The van der Waals surface area contributed by atoms with Gasteiger partial charge in [0.05, 0.1) is 10.2 Å². The second-order valence-corrected chi connectivity index (χ2v) is 8.24. The summed E-state index contributed by atoms with van der Waals surface area (Å²) in [6.07, 6.45) is 0. The van der Waals surface area contributed by atoms with Gasteiger partial charge in [-0.15, -0.1) is 22.7 Å². The van der Waals surface area contributed by atoms with Gasteiger partial charge in [0.25, 0.3) is 5.91 Å². The highest BCUT2D eigenvalue weighted by molar-refractivity contribution is 9.10. The predicted octanol–water partition coefficient (Wildman–Crippen LogP) is 5.67. The molecule has 0 bridgehead atoms. The Morgan fingerprint density at radius 3 is 2.58 bits per heavy atom. The summed E-state index contributed by atoms with van der Waals surface area (Å²) >= 11 is 6.10. The van der Waals surface area contributed by atoms with Gasteiger partial charge in [-0.05, 0) is 35.2 Å². The zero-order valence-electron chi connectivity index (χ0n) is 13.1. The number of carboxylic acid groups (broad SMARTS) is 1. The lowest BCUT2D eigenvalue weighted by molar-refractivity contribution is 0.0699. The molecule has 0 unspecified atom stereocenters. The molecule has 3 heterocycles. The number of fused-ring (bicyclic) bond motifs is 1. The van der Waals surface area contributed by atoms with Crippen LogP contribution in [0.1, 0.15) is 20.8 Å². The minimum absolute atomic E-state index is 0.0963. The number of rotatable bonds is 4. The smallest absolute Gasteiger partial charge is 0.339 e. The number of nitrogens with one attached hydrogen (secondary N) is 2. The molecule has 0 aliphatic rings. The number of anilines is 1. The maximum Gasteiger partial charge on any atom is 0.339 e. The molecular weight excluding hydrogens is 436 g/mol. The highest BCUT2D eigenvalue weighted by atomic mass is 79.9. The van der Waals surface area contributed by atoms with Crippen molar-refractivity contribution in [1.29, 1.82) is 0 Å². The zero-order chi connectivity index (χ0) is 18.3. The van der Waals surface area contributed by atoms with Crippen LogP contribution >= 0.6 is 38.6 Å². The molecule has 4 rings (SSSR count). The summed E-state index contributed by atoms with van der Waals surface area (Å²) in [5.74, 6) is -1.44. The van der Waals surface area contributed by atoms with Crippen LogP contribution in [-0.2, 0) is 0 Å². The average molecular weight is 447 g/mol.